The average molecular weight is 1510 g/mol. The zero-order chi connectivity index (χ0) is 72.7. The van der Waals surface area contributed by atoms with E-state index in [1.54, 1.807) is 0 Å². The first-order valence-corrected chi connectivity index (χ1v) is 39.5. The Bertz CT molecular complexity index is 7440. The maximum absolute atomic E-state index is 6.74. The topological polar surface area (TPSA) is 71.1 Å². The molecule has 7 aromatic heterocycles. The van der Waals surface area contributed by atoms with Gasteiger partial charge in [-0.25, -0.2) is 0 Å². The van der Waals surface area contributed by atoms with Crippen LogP contribution in [0.3, 0.4) is 0 Å². The highest BCUT2D eigenvalue weighted by Gasteiger charge is 2.22. The molecule has 7 heterocycles. The number of rotatable bonds is 8. The second-order valence-electron chi connectivity index (χ2n) is 27.8. The Balaban J connectivity index is 0.000000131. The van der Waals surface area contributed by atoms with E-state index in [9.17, 15) is 0 Å². The summed E-state index contributed by atoms with van der Waals surface area (Å²) in [7, 11) is 0. The van der Waals surface area contributed by atoms with Crippen LogP contribution in [0, 0.1) is 0 Å². The van der Waals surface area contributed by atoms with E-state index < -0.39 is 0 Å². The number of hydrogen-bond donors (Lipinski definition) is 1. The van der Waals surface area contributed by atoms with Crippen LogP contribution in [-0.4, -0.2) is 0 Å². The number of anilines is 8. The van der Waals surface area contributed by atoms with Crippen molar-refractivity contribution >= 4 is 273 Å². The summed E-state index contributed by atoms with van der Waals surface area (Å²) in [6, 6.07) is 120. The normalized spacial score (nSPS) is 11.9. The van der Waals surface area contributed by atoms with Crippen molar-refractivity contribution in [1.29, 1.82) is 0 Å². The fourth-order valence-electron chi connectivity index (χ4n) is 16.0. The highest BCUT2D eigenvalue weighted by molar-refractivity contribution is 7.26. The third-order valence-electron chi connectivity index (χ3n) is 21.2. The molecule has 0 radical (unpaired) electrons. The predicted octanol–water partition coefficient (Wildman–Crippen LogP) is 32.1. The molecule has 0 spiro atoms. The van der Waals surface area contributed by atoms with Gasteiger partial charge in [0.05, 0.1) is 0 Å². The first kappa shape index (κ1) is 64.3. The summed E-state index contributed by atoms with van der Waals surface area (Å²) in [5, 5.41) is 25.6. The Morgan fingerprint density at radius 2 is 0.500 bits per heavy atom. The predicted molar refractivity (Wildman–Crippen MR) is 471 cm³/mol. The molecule has 0 saturated carbocycles. The molecule has 1 N–H and O–H groups in total. The van der Waals surface area contributed by atoms with Crippen LogP contribution >= 0.6 is 57.2 Å². The number of hydrogen-bond acceptors (Lipinski definition) is 10. The molecule has 0 aliphatic rings. The largest absolute Gasteiger partial charge is 0.456 e. The smallest absolute Gasteiger partial charge is 0.137 e. The lowest BCUT2D eigenvalue weighted by molar-refractivity contribution is 0.668. The molecule has 0 amide bonds. The van der Waals surface area contributed by atoms with E-state index in [1.807, 2.05) is 88.6 Å². The van der Waals surface area contributed by atoms with Crippen LogP contribution in [0.5, 0.6) is 0 Å². The fraction of sp³-hybridized carbons (Fsp3) is 0. The Kier molecular flexibility index (Phi) is 15.2. The zero-order valence-corrected chi connectivity index (χ0v) is 62.3. The molecular formula is C98H57Cl2N3O4S3. The maximum atomic E-state index is 6.74. The molecule has 12 heteroatoms. The van der Waals surface area contributed by atoms with Gasteiger partial charge in [0.25, 0.3) is 0 Å². The summed E-state index contributed by atoms with van der Waals surface area (Å²) in [5.41, 5.74) is 15.4. The van der Waals surface area contributed by atoms with Crippen molar-refractivity contribution < 1.29 is 17.7 Å². The van der Waals surface area contributed by atoms with Gasteiger partial charge in [-0.05, 0) is 228 Å². The van der Waals surface area contributed by atoms with E-state index in [-0.39, 0.29) is 0 Å². The number of thiophene rings is 3. The van der Waals surface area contributed by atoms with Gasteiger partial charge in [0.2, 0.25) is 0 Å². The van der Waals surface area contributed by atoms with E-state index in [0.717, 1.165) is 155 Å². The molecule has 0 fully saturated rings. The Hall–Kier alpha value is -12.9. The van der Waals surface area contributed by atoms with Crippen LogP contribution in [0.15, 0.2) is 357 Å². The van der Waals surface area contributed by atoms with Gasteiger partial charge < -0.3 is 32.8 Å². The second kappa shape index (κ2) is 25.9. The van der Waals surface area contributed by atoms with Gasteiger partial charge >= 0.3 is 0 Å². The number of fused-ring (bicyclic) bond motifs is 23. The van der Waals surface area contributed by atoms with Crippen molar-refractivity contribution in [2.45, 2.75) is 0 Å². The van der Waals surface area contributed by atoms with Gasteiger partial charge in [-0.1, -0.05) is 132 Å². The molecule has 0 aliphatic carbocycles. The SMILES string of the molecule is Clc1ccc2c(c1)oc1cc3cc4c(cc3cc12)oc1cc(Cl)ccc14.c1ccc(N(c2ccc3c(c2)oc2cc4cc5c(cc4cc23)oc2cc(N(c3ccccc3)c3ccc4sc6ccccc6c4c3)ccc25)c2ccc3sc4ccccc4c3c2)cc1.c1ccc(Nc2ccc3sc4ccccc4c3c2)cc1. The van der Waals surface area contributed by atoms with E-state index in [0.29, 0.717) is 10.0 Å². The van der Waals surface area contributed by atoms with E-state index in [4.69, 9.17) is 40.9 Å². The fourth-order valence-corrected chi connectivity index (χ4v) is 19.6. The molecule has 0 bridgehead atoms. The Morgan fingerprint density at radius 3 is 0.900 bits per heavy atom. The quantitative estimate of drug-likeness (QED) is 0.163. The van der Waals surface area contributed by atoms with E-state index in [2.05, 4.69) is 300 Å². The number of benzene rings is 17. The third kappa shape index (κ3) is 11.1. The lowest BCUT2D eigenvalue weighted by Crippen LogP contribution is -2.09. The van der Waals surface area contributed by atoms with Crippen molar-refractivity contribution in [3.8, 4) is 0 Å². The minimum atomic E-state index is 0.670. The van der Waals surface area contributed by atoms with Crippen LogP contribution in [0.4, 0.5) is 45.5 Å². The van der Waals surface area contributed by atoms with E-state index in [1.165, 1.54) is 60.5 Å². The van der Waals surface area contributed by atoms with Gasteiger partial charge in [-0.3, -0.25) is 0 Å². The van der Waals surface area contributed by atoms with Crippen LogP contribution < -0.4 is 15.1 Å². The number of para-hydroxylation sites is 3. The minimum absolute atomic E-state index is 0.670. The summed E-state index contributed by atoms with van der Waals surface area (Å²) >= 11 is 17.7. The number of furan rings is 4. The number of nitrogens with zero attached hydrogens (tertiary/aromatic N) is 2. The molecule has 0 aliphatic heterocycles. The maximum Gasteiger partial charge on any atom is 0.137 e. The van der Waals surface area contributed by atoms with Gasteiger partial charge in [0, 0.05) is 183 Å². The van der Waals surface area contributed by atoms with Gasteiger partial charge in [-0.15, -0.1) is 34.0 Å². The van der Waals surface area contributed by atoms with Crippen molar-refractivity contribution in [2.75, 3.05) is 15.1 Å². The van der Waals surface area contributed by atoms with Gasteiger partial charge in [0.15, 0.2) is 0 Å². The van der Waals surface area contributed by atoms with Crippen LogP contribution in [0.1, 0.15) is 0 Å². The standard InChI is InChI=1S/C58H34N2O2S2.C22H10Cl2O2.C18H13NS/c1-3-11-37(12-4-1)59(39-21-25-57-49(31-39)45-15-7-9-17-55(45)63-57)41-19-23-43-47-27-35-30-52-48(28-36(35)29-51(47)61-53(43)33-41)44-24-20-42(34-54(44)62-52)60(38-13-5-2-6-14-38)40-22-26-58-50(32-40)46-16-8-10-18-56(46)64-58;23-13-1-3-15-17-5-11-8-20-18(16-4-2-14(24)10-22(16)26-20)6-12(11)7-19(17)25-21(15)9-13;1-2-6-13(7-3-1)19-14-10-11-18-16(12-14)15-8-4-5-9-17(15)20-18/h1-34H;1-10H;1-12,19H. The van der Waals surface area contributed by atoms with E-state index >= 15 is 0 Å². The molecular weight excluding hydrogens is 1450 g/mol. The molecule has 0 unspecified atom stereocenters. The Labute approximate surface area is 650 Å². The summed E-state index contributed by atoms with van der Waals surface area (Å²) in [6.45, 7) is 0. The first-order valence-electron chi connectivity index (χ1n) is 36.3. The zero-order valence-electron chi connectivity index (χ0n) is 58.3. The summed E-state index contributed by atoms with van der Waals surface area (Å²) in [4.78, 5) is 4.64. The van der Waals surface area contributed by atoms with Crippen molar-refractivity contribution in [1.82, 2.24) is 0 Å². The second-order valence-corrected chi connectivity index (χ2v) is 32.0. The Morgan fingerprint density at radius 1 is 0.200 bits per heavy atom. The number of nitrogens with one attached hydrogen (secondary N) is 1. The molecule has 24 aromatic rings. The summed E-state index contributed by atoms with van der Waals surface area (Å²) < 4.78 is 33.4. The lowest BCUT2D eigenvalue weighted by Gasteiger charge is -2.25. The molecule has 7 nitrogen and oxygen atoms in total. The molecule has 0 atom stereocenters. The average Bonchev–Trinajstić information content (AvgIpc) is 1.59. The highest BCUT2D eigenvalue weighted by atomic mass is 35.5. The van der Waals surface area contributed by atoms with Crippen molar-refractivity contribution in [3.05, 3.63) is 350 Å². The first-order chi connectivity index (χ1) is 54.2. The van der Waals surface area contributed by atoms with Crippen molar-refractivity contribution in [3.63, 3.8) is 0 Å². The summed E-state index contributed by atoms with van der Waals surface area (Å²) in [5.74, 6) is 0. The molecule has 520 valence electrons. The molecule has 0 saturated heterocycles. The van der Waals surface area contributed by atoms with Gasteiger partial charge in [0.1, 0.15) is 44.7 Å². The monoisotopic (exact) mass is 1510 g/mol. The third-order valence-corrected chi connectivity index (χ3v) is 25.1. The van der Waals surface area contributed by atoms with Crippen LogP contribution in [0.2, 0.25) is 10.0 Å². The highest BCUT2D eigenvalue weighted by Crippen LogP contribution is 2.47. The van der Waals surface area contributed by atoms with Gasteiger partial charge in [-0.2, -0.15) is 0 Å². The molecule has 17 aromatic carbocycles. The van der Waals surface area contributed by atoms with Crippen molar-refractivity contribution in [2.24, 2.45) is 0 Å². The van der Waals surface area contributed by atoms with Crippen LogP contribution in [-0.2, 0) is 0 Å². The summed E-state index contributed by atoms with van der Waals surface area (Å²) in [6.07, 6.45) is 0. The van der Waals surface area contributed by atoms with Crippen LogP contribution in [0.25, 0.3) is 170 Å². The molecule has 24 rings (SSSR count). The minimum Gasteiger partial charge on any atom is -0.456 e. The molecule has 110 heavy (non-hydrogen) atoms. The number of halogens is 2. The lowest BCUT2D eigenvalue weighted by atomic mass is 10.0.